The molecule has 5 atom stereocenters. The van der Waals surface area contributed by atoms with Crippen molar-refractivity contribution in [2.45, 2.75) is 64.7 Å². The van der Waals surface area contributed by atoms with Gasteiger partial charge in [-0.2, -0.15) is 0 Å². The van der Waals surface area contributed by atoms with Gasteiger partial charge >= 0.3 is 0 Å². The van der Waals surface area contributed by atoms with Gasteiger partial charge in [-0.05, 0) is 74.1 Å². The van der Waals surface area contributed by atoms with E-state index in [0.717, 1.165) is 30.9 Å². The second-order valence-electron chi connectivity index (χ2n) is 11.0. The van der Waals surface area contributed by atoms with Gasteiger partial charge in [-0.3, -0.25) is 9.59 Å². The van der Waals surface area contributed by atoms with E-state index in [1.54, 1.807) is 23.1 Å². The van der Waals surface area contributed by atoms with Crippen molar-refractivity contribution in [2.24, 2.45) is 11.8 Å². The quantitative estimate of drug-likeness (QED) is 0.430. The maximum absolute atomic E-state index is 14.0. The van der Waals surface area contributed by atoms with Crippen LogP contribution in [0, 0.1) is 30.4 Å². The molecule has 4 rings (SSSR count). The molecule has 2 N–H and O–H groups in total. The summed E-state index contributed by atoms with van der Waals surface area (Å²) in [5.74, 6) is -2.37. The van der Waals surface area contributed by atoms with Gasteiger partial charge in [0.25, 0.3) is 11.8 Å². The minimum atomic E-state index is -1.10. The molecule has 2 aromatic carbocycles. The lowest BCUT2D eigenvalue weighted by molar-refractivity contribution is -0.112. The van der Waals surface area contributed by atoms with Crippen molar-refractivity contribution in [3.63, 3.8) is 0 Å². The molecule has 0 spiro atoms. The van der Waals surface area contributed by atoms with Gasteiger partial charge in [-0.15, -0.1) is 0 Å². The number of nitrogens with zero attached hydrogens (tertiary/aromatic N) is 1. The summed E-state index contributed by atoms with van der Waals surface area (Å²) in [6.07, 6.45) is 1.14. The molecule has 2 heterocycles. The highest BCUT2D eigenvalue weighted by molar-refractivity contribution is 6.00. The highest BCUT2D eigenvalue weighted by Crippen LogP contribution is 2.34. The first-order chi connectivity index (χ1) is 19.2. The van der Waals surface area contributed by atoms with Crippen molar-refractivity contribution in [3.05, 3.63) is 70.3 Å². The minimum Gasteiger partial charge on any atom is -0.390 e. The molecule has 9 heteroatoms. The van der Waals surface area contributed by atoms with Gasteiger partial charge in [0.1, 0.15) is 11.6 Å². The van der Waals surface area contributed by atoms with Gasteiger partial charge in [0.15, 0.2) is 0 Å². The Labute approximate surface area is 234 Å². The van der Waals surface area contributed by atoms with Crippen LogP contribution in [0.1, 0.15) is 65.0 Å². The number of benzene rings is 2. The molecule has 0 bridgehead atoms. The first kappa shape index (κ1) is 30.1. The molecule has 0 aromatic heterocycles. The van der Waals surface area contributed by atoms with E-state index < -0.39 is 35.6 Å². The first-order valence-corrected chi connectivity index (χ1v) is 14.2. The molecule has 2 fully saturated rings. The fourth-order valence-corrected chi connectivity index (χ4v) is 5.92. The molecular weight excluding hydrogens is 518 g/mol. The summed E-state index contributed by atoms with van der Waals surface area (Å²) in [4.78, 5) is 28.6. The SMILES string of the molecule is CCCN(CCC)C(=O)c1cc(C)cc(C(=O)N[C@@H](Cc2cc(F)cc(F)c2)[C@@H](O)C2COCC3CCOC32)c1. The highest BCUT2D eigenvalue weighted by atomic mass is 19.1. The summed E-state index contributed by atoms with van der Waals surface area (Å²) in [6, 6.07) is 7.29. The molecule has 0 radical (unpaired) electrons. The number of carbonyl (C=O) groups excluding carboxylic acids is 2. The van der Waals surface area contributed by atoms with E-state index in [-0.39, 0.29) is 36.5 Å². The third-order valence-corrected chi connectivity index (χ3v) is 7.73. The van der Waals surface area contributed by atoms with Gasteiger partial charge < -0.3 is 24.8 Å². The molecule has 218 valence electrons. The van der Waals surface area contributed by atoms with E-state index in [9.17, 15) is 23.5 Å². The van der Waals surface area contributed by atoms with Crippen LogP contribution in [0.4, 0.5) is 8.78 Å². The molecule has 2 aliphatic rings. The number of rotatable bonds is 11. The second kappa shape index (κ2) is 13.7. The predicted molar refractivity (Wildman–Crippen MR) is 147 cm³/mol. The third kappa shape index (κ3) is 7.25. The van der Waals surface area contributed by atoms with Crippen molar-refractivity contribution in [2.75, 3.05) is 32.9 Å². The van der Waals surface area contributed by atoms with E-state index in [1.165, 1.54) is 12.1 Å². The number of amides is 2. The van der Waals surface area contributed by atoms with Crippen LogP contribution in [0.2, 0.25) is 0 Å². The summed E-state index contributed by atoms with van der Waals surface area (Å²) < 4.78 is 39.7. The summed E-state index contributed by atoms with van der Waals surface area (Å²) in [5.41, 5.74) is 1.74. The third-order valence-electron chi connectivity index (χ3n) is 7.73. The van der Waals surface area contributed by atoms with E-state index >= 15 is 0 Å². The van der Waals surface area contributed by atoms with Crippen LogP contribution >= 0.6 is 0 Å². The van der Waals surface area contributed by atoms with Crippen molar-refractivity contribution >= 4 is 11.8 Å². The number of hydrogen-bond donors (Lipinski definition) is 2. The van der Waals surface area contributed by atoms with Crippen LogP contribution in [-0.2, 0) is 15.9 Å². The first-order valence-electron chi connectivity index (χ1n) is 14.2. The van der Waals surface area contributed by atoms with Gasteiger partial charge in [0.2, 0.25) is 0 Å². The Morgan fingerprint density at radius 2 is 1.70 bits per heavy atom. The zero-order valence-electron chi connectivity index (χ0n) is 23.5. The Bertz CT molecular complexity index is 1170. The number of halogens is 2. The highest BCUT2D eigenvalue weighted by Gasteiger charge is 2.44. The minimum absolute atomic E-state index is 0.00610. The Kier molecular flexibility index (Phi) is 10.3. The molecule has 2 amide bonds. The van der Waals surface area contributed by atoms with Crippen molar-refractivity contribution in [1.82, 2.24) is 10.2 Å². The average molecular weight is 559 g/mol. The van der Waals surface area contributed by atoms with E-state index in [0.29, 0.717) is 37.4 Å². The summed E-state index contributed by atoms with van der Waals surface area (Å²) >= 11 is 0. The van der Waals surface area contributed by atoms with Crippen molar-refractivity contribution in [1.29, 1.82) is 0 Å². The van der Waals surface area contributed by atoms with Crippen LogP contribution < -0.4 is 5.32 Å². The molecule has 0 saturated carbocycles. The number of aliphatic hydroxyl groups excluding tert-OH is 1. The molecule has 40 heavy (non-hydrogen) atoms. The fourth-order valence-electron chi connectivity index (χ4n) is 5.92. The second-order valence-corrected chi connectivity index (χ2v) is 11.0. The number of carbonyl (C=O) groups is 2. The fraction of sp³-hybridized carbons (Fsp3) is 0.548. The normalized spacial score (nSPS) is 21.9. The Morgan fingerprint density at radius 3 is 2.38 bits per heavy atom. The number of nitrogens with one attached hydrogen (secondary N) is 1. The number of hydrogen-bond acceptors (Lipinski definition) is 5. The monoisotopic (exact) mass is 558 g/mol. The van der Waals surface area contributed by atoms with Crippen LogP contribution in [0.25, 0.3) is 0 Å². The van der Waals surface area contributed by atoms with E-state index in [2.05, 4.69) is 5.32 Å². The Morgan fingerprint density at radius 1 is 1.02 bits per heavy atom. The van der Waals surface area contributed by atoms with Crippen LogP contribution in [-0.4, -0.2) is 73.0 Å². The molecule has 2 saturated heterocycles. The lowest BCUT2D eigenvalue weighted by atomic mass is 9.82. The summed E-state index contributed by atoms with van der Waals surface area (Å²) in [7, 11) is 0. The average Bonchev–Trinajstić information content (AvgIpc) is 3.40. The molecule has 2 aromatic rings. The maximum Gasteiger partial charge on any atom is 0.253 e. The molecule has 3 unspecified atom stereocenters. The maximum atomic E-state index is 14.0. The Hall–Kier alpha value is -2.88. The van der Waals surface area contributed by atoms with Crippen LogP contribution in [0.5, 0.6) is 0 Å². The number of fused-ring (bicyclic) bond motifs is 1. The predicted octanol–water partition coefficient (Wildman–Crippen LogP) is 4.29. The largest absolute Gasteiger partial charge is 0.390 e. The number of aryl methyl sites for hydroxylation is 1. The van der Waals surface area contributed by atoms with Crippen molar-refractivity contribution < 1.29 is 33.0 Å². The topological polar surface area (TPSA) is 88.1 Å². The smallest absolute Gasteiger partial charge is 0.253 e. The summed E-state index contributed by atoms with van der Waals surface area (Å²) in [6.45, 7) is 8.45. The van der Waals surface area contributed by atoms with Gasteiger partial charge in [0, 0.05) is 48.7 Å². The lowest BCUT2D eigenvalue weighted by Crippen LogP contribution is -2.54. The van der Waals surface area contributed by atoms with Crippen LogP contribution in [0.3, 0.4) is 0 Å². The molecule has 2 aliphatic heterocycles. The van der Waals surface area contributed by atoms with E-state index in [4.69, 9.17) is 9.47 Å². The standard InChI is InChI=1S/C31H40F2N2O5/c1-4-7-35(8-5-2)31(38)23-11-19(3)10-22(15-23)30(37)34-27(14-20-12-24(32)16-25(33)13-20)28(36)26-18-39-17-21-6-9-40-29(21)26/h10-13,15-16,21,26-29,36H,4-9,14,17-18H2,1-3H3,(H,34,37)/t21?,26?,27-,28-,29?/m0/s1. The zero-order valence-corrected chi connectivity index (χ0v) is 23.5. The Balaban J connectivity index is 1.60. The van der Waals surface area contributed by atoms with Crippen molar-refractivity contribution in [3.8, 4) is 0 Å². The van der Waals surface area contributed by atoms with Gasteiger partial charge in [-0.25, -0.2) is 8.78 Å². The lowest BCUT2D eigenvalue weighted by Gasteiger charge is -2.38. The summed E-state index contributed by atoms with van der Waals surface area (Å²) in [5, 5.41) is 14.4. The van der Waals surface area contributed by atoms with Gasteiger partial charge in [0.05, 0.1) is 31.5 Å². The molecular formula is C31H40F2N2O5. The van der Waals surface area contributed by atoms with Gasteiger partial charge in [-0.1, -0.05) is 13.8 Å². The van der Waals surface area contributed by atoms with E-state index in [1.807, 2.05) is 20.8 Å². The van der Waals surface area contributed by atoms with Crippen LogP contribution in [0.15, 0.2) is 36.4 Å². The number of aliphatic hydroxyl groups is 1. The molecule has 7 nitrogen and oxygen atoms in total. The number of ether oxygens (including phenoxy) is 2. The zero-order chi connectivity index (χ0) is 28.8. The molecule has 0 aliphatic carbocycles.